The molecule has 0 aliphatic heterocycles. The van der Waals surface area contributed by atoms with E-state index in [9.17, 15) is 4.79 Å². The van der Waals surface area contributed by atoms with Crippen molar-refractivity contribution in [1.29, 1.82) is 0 Å². The van der Waals surface area contributed by atoms with E-state index in [0.717, 1.165) is 11.3 Å². The number of rotatable bonds is 5. The average Bonchev–Trinajstić information content (AvgIpc) is 2.32. The molecule has 0 aliphatic carbocycles. The number of hydrogen-bond acceptors (Lipinski definition) is 3. The number of aryl methyl sites for hydroxylation is 1. The molecule has 0 heterocycles. The predicted octanol–water partition coefficient (Wildman–Crippen LogP) is 3.14. The fraction of sp³-hybridized carbons (Fsp3) is 0.500. The van der Waals surface area contributed by atoms with Crippen LogP contribution < -0.4 is 5.32 Å². The van der Waals surface area contributed by atoms with E-state index in [1.54, 1.807) is 0 Å². The van der Waals surface area contributed by atoms with Gasteiger partial charge in [0.25, 0.3) is 0 Å². The molecule has 0 amide bonds. The minimum absolute atomic E-state index is 0.203. The lowest BCUT2D eigenvalue weighted by molar-refractivity contribution is -0.148. The Kier molecular flexibility index (Phi) is 4.55. The Morgan fingerprint density at radius 3 is 2.53 bits per heavy atom. The van der Waals surface area contributed by atoms with Gasteiger partial charge in [0.1, 0.15) is 5.54 Å². The van der Waals surface area contributed by atoms with Crippen LogP contribution in [0.15, 0.2) is 24.3 Å². The molecule has 1 rings (SSSR count). The topological polar surface area (TPSA) is 38.3 Å². The molecule has 1 unspecified atom stereocenters. The average molecular weight is 235 g/mol. The highest BCUT2D eigenvalue weighted by Gasteiger charge is 2.32. The molecule has 0 aliphatic rings. The van der Waals surface area contributed by atoms with Gasteiger partial charge in [-0.15, -0.1) is 0 Å². The number of nitrogens with one attached hydrogen (secondary N) is 1. The van der Waals surface area contributed by atoms with Crippen LogP contribution in [0.2, 0.25) is 0 Å². The molecule has 0 aromatic heterocycles. The van der Waals surface area contributed by atoms with Crippen LogP contribution in [0.4, 0.5) is 5.69 Å². The normalized spacial score (nSPS) is 13.9. The summed E-state index contributed by atoms with van der Waals surface area (Å²) in [5.74, 6) is -0.203. The van der Waals surface area contributed by atoms with Crippen molar-refractivity contribution in [2.75, 3.05) is 11.9 Å². The van der Waals surface area contributed by atoms with Crippen LogP contribution >= 0.6 is 0 Å². The number of carbonyl (C=O) groups excluding carboxylic acids is 1. The zero-order valence-corrected chi connectivity index (χ0v) is 11.0. The van der Waals surface area contributed by atoms with Crippen molar-refractivity contribution >= 4 is 11.7 Å². The van der Waals surface area contributed by atoms with Crippen molar-refractivity contribution in [2.45, 2.75) is 39.7 Å². The molecule has 17 heavy (non-hydrogen) atoms. The van der Waals surface area contributed by atoms with Crippen LogP contribution in [0.1, 0.15) is 32.8 Å². The molecular weight excluding hydrogens is 214 g/mol. The van der Waals surface area contributed by atoms with Gasteiger partial charge in [-0.05, 0) is 38.8 Å². The molecule has 0 spiro atoms. The standard InChI is InChI=1S/C14H21NO2/c1-5-14(4,13(16)17-6-2)15-12-10-8-7-9-11(12)3/h7-10,15H,5-6H2,1-4H3. The lowest BCUT2D eigenvalue weighted by Crippen LogP contribution is -2.44. The highest BCUT2D eigenvalue weighted by molar-refractivity contribution is 5.84. The van der Waals surface area contributed by atoms with Crippen LogP contribution in [-0.2, 0) is 9.53 Å². The summed E-state index contributed by atoms with van der Waals surface area (Å²) < 4.78 is 5.11. The second-order valence-corrected chi connectivity index (χ2v) is 4.35. The molecule has 0 bridgehead atoms. The zero-order chi connectivity index (χ0) is 12.9. The molecule has 3 heteroatoms. The second kappa shape index (κ2) is 5.71. The summed E-state index contributed by atoms with van der Waals surface area (Å²) in [6.07, 6.45) is 0.681. The van der Waals surface area contributed by atoms with E-state index < -0.39 is 5.54 Å². The van der Waals surface area contributed by atoms with Gasteiger partial charge in [-0.2, -0.15) is 0 Å². The Morgan fingerprint density at radius 1 is 1.35 bits per heavy atom. The highest BCUT2D eigenvalue weighted by atomic mass is 16.5. The molecule has 1 N–H and O–H groups in total. The number of anilines is 1. The Labute approximate surface area is 103 Å². The van der Waals surface area contributed by atoms with Crippen LogP contribution in [0, 0.1) is 6.92 Å². The number of carbonyl (C=O) groups is 1. The third kappa shape index (κ3) is 3.22. The van der Waals surface area contributed by atoms with Gasteiger partial charge in [-0.1, -0.05) is 25.1 Å². The van der Waals surface area contributed by atoms with E-state index in [1.165, 1.54) is 0 Å². The third-order valence-electron chi connectivity index (χ3n) is 2.99. The summed E-state index contributed by atoms with van der Waals surface area (Å²) in [7, 11) is 0. The fourth-order valence-electron chi connectivity index (χ4n) is 1.58. The highest BCUT2D eigenvalue weighted by Crippen LogP contribution is 2.22. The van der Waals surface area contributed by atoms with E-state index in [0.29, 0.717) is 13.0 Å². The van der Waals surface area contributed by atoms with Crippen LogP contribution in [0.3, 0.4) is 0 Å². The van der Waals surface area contributed by atoms with Crippen LogP contribution in [-0.4, -0.2) is 18.1 Å². The molecule has 94 valence electrons. The van der Waals surface area contributed by atoms with Crippen LogP contribution in [0.5, 0.6) is 0 Å². The van der Waals surface area contributed by atoms with Crippen molar-refractivity contribution in [3.63, 3.8) is 0 Å². The maximum absolute atomic E-state index is 11.9. The molecular formula is C14H21NO2. The Balaban J connectivity index is 2.89. The monoisotopic (exact) mass is 235 g/mol. The molecule has 1 atom stereocenters. The van der Waals surface area contributed by atoms with Crippen molar-refractivity contribution in [3.8, 4) is 0 Å². The predicted molar refractivity (Wildman–Crippen MR) is 70.1 cm³/mol. The summed E-state index contributed by atoms with van der Waals surface area (Å²) in [5.41, 5.74) is 1.43. The minimum Gasteiger partial charge on any atom is -0.464 e. The maximum Gasteiger partial charge on any atom is 0.331 e. The van der Waals surface area contributed by atoms with E-state index in [1.807, 2.05) is 52.0 Å². The van der Waals surface area contributed by atoms with Gasteiger partial charge in [0.2, 0.25) is 0 Å². The van der Waals surface area contributed by atoms with Gasteiger partial charge in [0.15, 0.2) is 0 Å². The summed E-state index contributed by atoms with van der Waals surface area (Å²) in [6.45, 7) is 8.09. The summed E-state index contributed by atoms with van der Waals surface area (Å²) in [4.78, 5) is 11.9. The number of para-hydroxylation sites is 1. The van der Waals surface area contributed by atoms with Gasteiger partial charge in [0.05, 0.1) is 6.61 Å². The van der Waals surface area contributed by atoms with Crippen molar-refractivity contribution in [2.24, 2.45) is 0 Å². The van der Waals surface area contributed by atoms with E-state index in [4.69, 9.17) is 4.74 Å². The first-order chi connectivity index (χ1) is 8.03. The fourth-order valence-corrected chi connectivity index (χ4v) is 1.58. The Hall–Kier alpha value is -1.51. The first-order valence-corrected chi connectivity index (χ1v) is 6.04. The lowest BCUT2D eigenvalue weighted by Gasteiger charge is -2.29. The van der Waals surface area contributed by atoms with Gasteiger partial charge >= 0.3 is 5.97 Å². The number of hydrogen-bond donors (Lipinski definition) is 1. The summed E-state index contributed by atoms with van der Waals surface area (Å²) in [5, 5.41) is 3.28. The van der Waals surface area contributed by atoms with Crippen molar-refractivity contribution in [3.05, 3.63) is 29.8 Å². The maximum atomic E-state index is 11.9. The molecule has 0 saturated heterocycles. The quantitative estimate of drug-likeness (QED) is 0.797. The molecule has 1 aromatic carbocycles. The Bertz CT molecular complexity index is 390. The SMILES string of the molecule is CCOC(=O)C(C)(CC)Nc1ccccc1C. The first-order valence-electron chi connectivity index (χ1n) is 6.04. The third-order valence-corrected chi connectivity index (χ3v) is 2.99. The van der Waals surface area contributed by atoms with Gasteiger partial charge in [-0.25, -0.2) is 4.79 Å². The lowest BCUT2D eigenvalue weighted by atomic mass is 9.98. The second-order valence-electron chi connectivity index (χ2n) is 4.35. The molecule has 3 nitrogen and oxygen atoms in total. The molecule has 0 fully saturated rings. The van der Waals surface area contributed by atoms with E-state index >= 15 is 0 Å². The Morgan fingerprint density at radius 2 is 2.00 bits per heavy atom. The molecule has 0 radical (unpaired) electrons. The summed E-state index contributed by atoms with van der Waals surface area (Å²) >= 11 is 0. The van der Waals surface area contributed by atoms with Gasteiger partial charge < -0.3 is 10.1 Å². The smallest absolute Gasteiger partial charge is 0.331 e. The van der Waals surface area contributed by atoms with Crippen molar-refractivity contribution < 1.29 is 9.53 Å². The number of esters is 1. The molecule has 1 aromatic rings. The largest absolute Gasteiger partial charge is 0.464 e. The number of ether oxygens (including phenoxy) is 1. The summed E-state index contributed by atoms with van der Waals surface area (Å²) in [6, 6.07) is 7.93. The van der Waals surface area contributed by atoms with E-state index in [-0.39, 0.29) is 5.97 Å². The van der Waals surface area contributed by atoms with Crippen LogP contribution in [0.25, 0.3) is 0 Å². The van der Waals surface area contributed by atoms with E-state index in [2.05, 4.69) is 5.32 Å². The van der Waals surface area contributed by atoms with Gasteiger partial charge in [0, 0.05) is 5.69 Å². The number of benzene rings is 1. The first kappa shape index (κ1) is 13.6. The van der Waals surface area contributed by atoms with Crippen molar-refractivity contribution in [1.82, 2.24) is 0 Å². The zero-order valence-electron chi connectivity index (χ0n) is 11.0. The van der Waals surface area contributed by atoms with Gasteiger partial charge in [-0.3, -0.25) is 0 Å². The minimum atomic E-state index is -0.665. The molecule has 0 saturated carbocycles.